The van der Waals surface area contributed by atoms with Gasteiger partial charge in [-0.3, -0.25) is 0 Å². The maximum atomic E-state index is 5.39. The molecule has 2 heterocycles. The number of aromatic amines is 1. The number of H-pyrrole nitrogens is 1. The predicted octanol–water partition coefficient (Wildman–Crippen LogP) is 3.13. The molecule has 0 aliphatic rings. The van der Waals surface area contributed by atoms with Gasteiger partial charge in [0.25, 0.3) is 5.89 Å². The van der Waals surface area contributed by atoms with Gasteiger partial charge in [0.2, 0.25) is 5.82 Å². The number of nitrogens with zero attached hydrogens (tertiary/aromatic N) is 2. The van der Waals surface area contributed by atoms with Crippen LogP contribution in [0.15, 0.2) is 47.1 Å². The monoisotopic (exact) mass is 255 g/mol. The van der Waals surface area contributed by atoms with Gasteiger partial charge in [0.1, 0.15) is 11.4 Å². The van der Waals surface area contributed by atoms with Crippen LogP contribution >= 0.6 is 0 Å². The Hall–Kier alpha value is -2.56. The van der Waals surface area contributed by atoms with E-state index in [1.807, 2.05) is 49.5 Å². The van der Waals surface area contributed by atoms with E-state index in [1.54, 1.807) is 0 Å². The Balaban J connectivity index is 1.86. The van der Waals surface area contributed by atoms with Crippen molar-refractivity contribution in [2.75, 3.05) is 6.61 Å². The zero-order valence-electron chi connectivity index (χ0n) is 10.5. The van der Waals surface area contributed by atoms with Crippen molar-refractivity contribution < 1.29 is 9.26 Å². The van der Waals surface area contributed by atoms with E-state index in [2.05, 4.69) is 15.1 Å². The molecule has 0 radical (unpaired) electrons. The van der Waals surface area contributed by atoms with Gasteiger partial charge in [0.15, 0.2) is 0 Å². The molecule has 0 amide bonds. The molecule has 5 heteroatoms. The average molecular weight is 255 g/mol. The third-order valence-corrected chi connectivity index (χ3v) is 2.68. The van der Waals surface area contributed by atoms with Gasteiger partial charge in [-0.1, -0.05) is 5.16 Å². The Labute approximate surface area is 110 Å². The Kier molecular flexibility index (Phi) is 3.02. The normalized spacial score (nSPS) is 10.6. The van der Waals surface area contributed by atoms with Gasteiger partial charge in [-0.2, -0.15) is 4.98 Å². The van der Waals surface area contributed by atoms with Crippen molar-refractivity contribution in [3.63, 3.8) is 0 Å². The molecule has 1 N–H and O–H groups in total. The lowest BCUT2D eigenvalue weighted by Crippen LogP contribution is -1.90. The molecular weight excluding hydrogens is 242 g/mol. The smallest absolute Gasteiger partial charge is 0.274 e. The number of rotatable bonds is 4. The summed E-state index contributed by atoms with van der Waals surface area (Å²) in [5, 5.41) is 3.97. The van der Waals surface area contributed by atoms with Crippen LogP contribution in [0.1, 0.15) is 6.92 Å². The van der Waals surface area contributed by atoms with Crippen LogP contribution in [0.25, 0.3) is 23.0 Å². The summed E-state index contributed by atoms with van der Waals surface area (Å²) in [7, 11) is 0. The van der Waals surface area contributed by atoms with Gasteiger partial charge in [-0.05, 0) is 43.3 Å². The van der Waals surface area contributed by atoms with E-state index in [9.17, 15) is 0 Å². The van der Waals surface area contributed by atoms with Gasteiger partial charge in [0, 0.05) is 11.8 Å². The second-order valence-electron chi connectivity index (χ2n) is 3.96. The Morgan fingerprint density at radius 3 is 2.74 bits per heavy atom. The summed E-state index contributed by atoms with van der Waals surface area (Å²) >= 11 is 0. The quantitative estimate of drug-likeness (QED) is 0.777. The second kappa shape index (κ2) is 4.97. The van der Waals surface area contributed by atoms with Crippen LogP contribution in [0, 0.1) is 0 Å². The van der Waals surface area contributed by atoms with Crippen LogP contribution in [0.5, 0.6) is 5.75 Å². The Bertz CT molecular complexity index is 642. The van der Waals surface area contributed by atoms with E-state index >= 15 is 0 Å². The molecule has 0 aliphatic carbocycles. The van der Waals surface area contributed by atoms with Crippen LogP contribution in [0.3, 0.4) is 0 Å². The van der Waals surface area contributed by atoms with E-state index in [0.717, 1.165) is 17.0 Å². The topological polar surface area (TPSA) is 63.9 Å². The van der Waals surface area contributed by atoms with E-state index in [-0.39, 0.29) is 0 Å². The van der Waals surface area contributed by atoms with Crippen molar-refractivity contribution >= 4 is 0 Å². The third kappa shape index (κ3) is 2.35. The van der Waals surface area contributed by atoms with Gasteiger partial charge in [-0.15, -0.1) is 0 Å². The van der Waals surface area contributed by atoms with E-state index in [0.29, 0.717) is 18.3 Å². The molecule has 2 aromatic heterocycles. The molecule has 3 rings (SSSR count). The minimum atomic E-state index is 0.480. The van der Waals surface area contributed by atoms with Crippen LogP contribution in [-0.4, -0.2) is 21.7 Å². The van der Waals surface area contributed by atoms with Crippen molar-refractivity contribution in [2.45, 2.75) is 6.92 Å². The minimum Gasteiger partial charge on any atom is -0.494 e. The summed E-state index contributed by atoms with van der Waals surface area (Å²) in [4.78, 5) is 7.38. The number of hydrogen-bond donors (Lipinski definition) is 1. The van der Waals surface area contributed by atoms with Crippen LogP contribution in [-0.2, 0) is 0 Å². The molecular formula is C14H13N3O2. The molecule has 1 aromatic carbocycles. The van der Waals surface area contributed by atoms with Crippen molar-refractivity contribution in [1.29, 1.82) is 0 Å². The zero-order chi connectivity index (χ0) is 13.1. The highest BCUT2D eigenvalue weighted by atomic mass is 16.5. The highest BCUT2D eigenvalue weighted by Gasteiger charge is 2.10. The number of benzene rings is 1. The van der Waals surface area contributed by atoms with Crippen LogP contribution in [0.2, 0.25) is 0 Å². The molecule has 3 aromatic rings. The largest absolute Gasteiger partial charge is 0.494 e. The molecule has 0 spiro atoms. The first kappa shape index (κ1) is 11.5. The summed E-state index contributed by atoms with van der Waals surface area (Å²) < 4.78 is 10.6. The highest BCUT2D eigenvalue weighted by molar-refractivity contribution is 5.58. The SMILES string of the molecule is CCOc1ccc(-c2noc(-c3ccc[nH]3)n2)cc1. The fourth-order valence-corrected chi connectivity index (χ4v) is 1.78. The molecule has 0 fully saturated rings. The summed E-state index contributed by atoms with van der Waals surface area (Å²) in [5.74, 6) is 1.88. The number of aromatic nitrogens is 3. The molecule has 0 unspecified atom stereocenters. The predicted molar refractivity (Wildman–Crippen MR) is 70.7 cm³/mol. The summed E-state index contributed by atoms with van der Waals surface area (Å²) in [6, 6.07) is 11.4. The van der Waals surface area contributed by atoms with Gasteiger partial charge < -0.3 is 14.2 Å². The second-order valence-corrected chi connectivity index (χ2v) is 3.96. The third-order valence-electron chi connectivity index (χ3n) is 2.68. The maximum Gasteiger partial charge on any atom is 0.274 e. The van der Waals surface area contributed by atoms with Gasteiger partial charge in [0.05, 0.1) is 6.61 Å². The van der Waals surface area contributed by atoms with Crippen molar-refractivity contribution in [3.8, 4) is 28.7 Å². The number of ether oxygens (including phenoxy) is 1. The first-order valence-corrected chi connectivity index (χ1v) is 6.07. The molecule has 0 saturated carbocycles. The molecule has 0 saturated heterocycles. The summed E-state index contributed by atoms with van der Waals surface area (Å²) in [5.41, 5.74) is 1.70. The van der Waals surface area contributed by atoms with Crippen LogP contribution < -0.4 is 4.74 Å². The lowest BCUT2D eigenvalue weighted by Gasteiger charge is -2.02. The van der Waals surface area contributed by atoms with Crippen LogP contribution in [0.4, 0.5) is 0 Å². The average Bonchev–Trinajstić information content (AvgIpc) is 3.11. The summed E-state index contributed by atoms with van der Waals surface area (Å²) in [6.07, 6.45) is 1.82. The minimum absolute atomic E-state index is 0.480. The molecule has 0 bridgehead atoms. The first-order valence-electron chi connectivity index (χ1n) is 6.07. The van der Waals surface area contributed by atoms with Crippen molar-refractivity contribution in [3.05, 3.63) is 42.6 Å². The van der Waals surface area contributed by atoms with E-state index < -0.39 is 0 Å². The summed E-state index contributed by atoms with van der Waals surface area (Å²) in [6.45, 7) is 2.61. The Morgan fingerprint density at radius 1 is 1.21 bits per heavy atom. The Morgan fingerprint density at radius 2 is 2.05 bits per heavy atom. The first-order chi connectivity index (χ1) is 9.36. The van der Waals surface area contributed by atoms with Crippen molar-refractivity contribution in [2.24, 2.45) is 0 Å². The molecule has 0 aliphatic heterocycles. The van der Waals surface area contributed by atoms with E-state index in [4.69, 9.17) is 9.26 Å². The van der Waals surface area contributed by atoms with Gasteiger partial charge in [-0.25, -0.2) is 0 Å². The maximum absolute atomic E-state index is 5.39. The molecule has 5 nitrogen and oxygen atoms in total. The fraction of sp³-hybridized carbons (Fsp3) is 0.143. The highest BCUT2D eigenvalue weighted by Crippen LogP contribution is 2.22. The van der Waals surface area contributed by atoms with E-state index in [1.165, 1.54) is 0 Å². The number of nitrogens with one attached hydrogen (secondary N) is 1. The lowest BCUT2D eigenvalue weighted by molar-refractivity contribution is 0.340. The molecule has 0 atom stereocenters. The lowest BCUT2D eigenvalue weighted by atomic mass is 10.2. The van der Waals surface area contributed by atoms with Gasteiger partial charge >= 0.3 is 0 Å². The zero-order valence-corrected chi connectivity index (χ0v) is 10.5. The number of hydrogen-bond acceptors (Lipinski definition) is 4. The molecule has 96 valence electrons. The fourth-order valence-electron chi connectivity index (χ4n) is 1.78. The standard InChI is InChI=1S/C14H13N3O2/c1-2-18-11-7-5-10(6-8-11)13-16-14(19-17-13)12-4-3-9-15-12/h3-9,15H,2H2,1H3. The van der Waals surface area contributed by atoms with Crippen molar-refractivity contribution in [1.82, 2.24) is 15.1 Å². The molecule has 19 heavy (non-hydrogen) atoms.